The SMILES string of the molecule is O=C1NCCCNC(=O)[C@@H]2[C@H]1C(=O)C(=O)N2C1CCCCC1. The highest BCUT2D eigenvalue weighted by molar-refractivity contribution is 6.44. The lowest BCUT2D eigenvalue weighted by molar-refractivity contribution is -0.144. The summed E-state index contributed by atoms with van der Waals surface area (Å²) in [6, 6.07) is -1.10. The van der Waals surface area contributed by atoms with Crippen LogP contribution in [0.3, 0.4) is 0 Å². The molecule has 2 N–H and O–H groups in total. The van der Waals surface area contributed by atoms with Crippen LogP contribution < -0.4 is 10.6 Å². The van der Waals surface area contributed by atoms with Crippen LogP contribution in [-0.2, 0) is 19.2 Å². The number of hydrogen-bond acceptors (Lipinski definition) is 4. The Bertz CT molecular complexity index is 513. The molecule has 3 amide bonds. The molecule has 3 rings (SSSR count). The molecular formula is C15H21N3O4. The first kappa shape index (κ1) is 15.0. The molecule has 7 heteroatoms. The number of rotatable bonds is 1. The number of likely N-dealkylation sites (tertiary alicyclic amines) is 1. The zero-order valence-electron chi connectivity index (χ0n) is 12.5. The molecule has 0 spiro atoms. The van der Waals surface area contributed by atoms with Crippen molar-refractivity contribution in [3.63, 3.8) is 0 Å². The van der Waals surface area contributed by atoms with E-state index in [0.29, 0.717) is 19.5 Å². The monoisotopic (exact) mass is 307 g/mol. The molecule has 7 nitrogen and oxygen atoms in total. The van der Waals surface area contributed by atoms with Crippen LogP contribution in [0.25, 0.3) is 0 Å². The zero-order chi connectivity index (χ0) is 15.7. The van der Waals surface area contributed by atoms with Crippen molar-refractivity contribution < 1.29 is 19.2 Å². The van der Waals surface area contributed by atoms with E-state index in [2.05, 4.69) is 10.6 Å². The van der Waals surface area contributed by atoms with Crippen molar-refractivity contribution in [1.82, 2.24) is 15.5 Å². The van der Waals surface area contributed by atoms with Gasteiger partial charge in [-0.15, -0.1) is 0 Å². The molecule has 0 aromatic carbocycles. The summed E-state index contributed by atoms with van der Waals surface area (Å²) in [7, 11) is 0. The summed E-state index contributed by atoms with van der Waals surface area (Å²) < 4.78 is 0. The quantitative estimate of drug-likeness (QED) is 0.497. The van der Waals surface area contributed by atoms with Crippen molar-refractivity contribution in [2.45, 2.75) is 50.6 Å². The van der Waals surface area contributed by atoms with E-state index in [1.54, 1.807) is 0 Å². The summed E-state index contributed by atoms with van der Waals surface area (Å²) in [6.07, 6.45) is 5.26. The van der Waals surface area contributed by atoms with Crippen LogP contribution in [0.4, 0.5) is 0 Å². The number of hydrogen-bond donors (Lipinski definition) is 2. The van der Waals surface area contributed by atoms with Crippen molar-refractivity contribution in [1.29, 1.82) is 0 Å². The highest BCUT2D eigenvalue weighted by atomic mass is 16.2. The van der Waals surface area contributed by atoms with Crippen LogP contribution in [0, 0.1) is 5.92 Å². The molecule has 2 saturated heterocycles. The molecule has 22 heavy (non-hydrogen) atoms. The van der Waals surface area contributed by atoms with E-state index < -0.39 is 29.6 Å². The average molecular weight is 307 g/mol. The molecule has 1 aliphatic carbocycles. The molecule has 3 aliphatic rings. The number of nitrogens with zero attached hydrogens (tertiary/aromatic N) is 1. The number of Topliss-reactive ketones (excluding diaryl/α,β-unsaturated/α-hetero) is 1. The van der Waals surface area contributed by atoms with Gasteiger partial charge in [-0.3, -0.25) is 19.2 Å². The number of fused-ring (bicyclic) bond motifs is 1. The molecule has 0 aromatic heterocycles. The number of amides is 3. The second-order valence-electron chi connectivity index (χ2n) is 6.23. The summed E-state index contributed by atoms with van der Waals surface area (Å²) in [4.78, 5) is 50.8. The van der Waals surface area contributed by atoms with Gasteiger partial charge in [-0.1, -0.05) is 19.3 Å². The molecule has 0 radical (unpaired) electrons. The maximum atomic E-state index is 12.5. The topological polar surface area (TPSA) is 95.6 Å². The van der Waals surface area contributed by atoms with E-state index in [0.717, 1.165) is 32.1 Å². The lowest BCUT2D eigenvalue weighted by Crippen LogP contribution is -2.53. The predicted molar refractivity (Wildman–Crippen MR) is 76.6 cm³/mol. The second-order valence-corrected chi connectivity index (χ2v) is 6.23. The first-order chi connectivity index (χ1) is 10.6. The van der Waals surface area contributed by atoms with Gasteiger partial charge >= 0.3 is 0 Å². The van der Waals surface area contributed by atoms with Crippen molar-refractivity contribution in [3.8, 4) is 0 Å². The fourth-order valence-electron chi connectivity index (χ4n) is 3.71. The van der Waals surface area contributed by atoms with Crippen LogP contribution in [0.5, 0.6) is 0 Å². The molecule has 0 unspecified atom stereocenters. The Kier molecular flexibility index (Phi) is 4.13. The van der Waals surface area contributed by atoms with Gasteiger partial charge in [0.1, 0.15) is 12.0 Å². The van der Waals surface area contributed by atoms with Gasteiger partial charge in [0.25, 0.3) is 5.91 Å². The van der Waals surface area contributed by atoms with Crippen LogP contribution >= 0.6 is 0 Å². The summed E-state index contributed by atoms with van der Waals surface area (Å²) >= 11 is 0. The number of ketones is 1. The molecular weight excluding hydrogens is 286 g/mol. The number of carbonyl (C=O) groups is 4. The summed E-state index contributed by atoms with van der Waals surface area (Å²) in [6.45, 7) is 0.830. The normalized spacial score (nSPS) is 31.0. The molecule has 2 atom stereocenters. The Labute approximate surface area is 128 Å². The van der Waals surface area contributed by atoms with Crippen LogP contribution in [0.2, 0.25) is 0 Å². The van der Waals surface area contributed by atoms with Crippen molar-refractivity contribution in [3.05, 3.63) is 0 Å². The van der Waals surface area contributed by atoms with Crippen molar-refractivity contribution >= 4 is 23.5 Å². The minimum absolute atomic E-state index is 0.112. The summed E-state index contributed by atoms with van der Waals surface area (Å²) in [5.41, 5.74) is 0. The molecule has 2 heterocycles. The summed E-state index contributed by atoms with van der Waals surface area (Å²) in [5.74, 6) is -3.50. The zero-order valence-corrected chi connectivity index (χ0v) is 12.5. The average Bonchev–Trinajstić information content (AvgIpc) is 2.82. The van der Waals surface area contributed by atoms with E-state index >= 15 is 0 Å². The second kappa shape index (κ2) is 6.06. The van der Waals surface area contributed by atoms with Gasteiger partial charge in [-0.05, 0) is 19.3 Å². The standard InChI is InChI=1S/C15H21N3O4/c19-12-10-11(14(21)17-8-4-7-16-13(10)20)18(15(12)22)9-5-2-1-3-6-9/h9-11H,1-8H2,(H,16,20)(H,17,21)/t10-,11-/m0/s1. The van der Waals surface area contributed by atoms with Crippen LogP contribution in [0.15, 0.2) is 0 Å². The van der Waals surface area contributed by atoms with Crippen molar-refractivity contribution in [2.24, 2.45) is 5.92 Å². The fourth-order valence-corrected chi connectivity index (χ4v) is 3.71. The smallest absolute Gasteiger partial charge is 0.291 e. The Morgan fingerprint density at radius 2 is 1.45 bits per heavy atom. The Morgan fingerprint density at radius 1 is 0.818 bits per heavy atom. The highest BCUT2D eigenvalue weighted by Gasteiger charge is 2.56. The van der Waals surface area contributed by atoms with E-state index in [1.165, 1.54) is 4.90 Å². The third-order valence-electron chi connectivity index (χ3n) is 4.81. The lowest BCUT2D eigenvalue weighted by Gasteiger charge is -2.35. The van der Waals surface area contributed by atoms with Crippen LogP contribution in [0.1, 0.15) is 38.5 Å². The first-order valence-electron chi connectivity index (χ1n) is 8.03. The van der Waals surface area contributed by atoms with Gasteiger partial charge in [0.15, 0.2) is 0 Å². The lowest BCUT2D eigenvalue weighted by atomic mass is 9.92. The minimum Gasteiger partial charge on any atom is -0.355 e. The van der Waals surface area contributed by atoms with E-state index in [4.69, 9.17) is 0 Å². The van der Waals surface area contributed by atoms with Gasteiger partial charge in [0.05, 0.1) is 0 Å². The minimum atomic E-state index is -1.20. The van der Waals surface area contributed by atoms with Gasteiger partial charge in [0.2, 0.25) is 17.6 Å². The third-order valence-corrected chi connectivity index (χ3v) is 4.81. The molecule has 0 aromatic rings. The van der Waals surface area contributed by atoms with E-state index in [1.807, 2.05) is 0 Å². The van der Waals surface area contributed by atoms with Gasteiger partial charge in [0, 0.05) is 19.1 Å². The van der Waals surface area contributed by atoms with E-state index in [-0.39, 0.29) is 11.9 Å². The highest BCUT2D eigenvalue weighted by Crippen LogP contribution is 2.32. The maximum absolute atomic E-state index is 12.5. The molecule has 0 bridgehead atoms. The Morgan fingerprint density at radius 3 is 2.14 bits per heavy atom. The van der Waals surface area contributed by atoms with Gasteiger partial charge in [-0.25, -0.2) is 0 Å². The molecule has 120 valence electrons. The van der Waals surface area contributed by atoms with Gasteiger partial charge < -0.3 is 15.5 Å². The number of carbonyl (C=O) groups excluding carboxylic acids is 4. The Balaban J connectivity index is 1.94. The van der Waals surface area contributed by atoms with Gasteiger partial charge in [-0.2, -0.15) is 0 Å². The molecule has 1 saturated carbocycles. The maximum Gasteiger partial charge on any atom is 0.291 e. The molecule has 3 fully saturated rings. The Hall–Kier alpha value is -1.92. The number of nitrogens with one attached hydrogen (secondary N) is 2. The fraction of sp³-hybridized carbons (Fsp3) is 0.733. The first-order valence-corrected chi connectivity index (χ1v) is 8.03. The predicted octanol–water partition coefficient (Wildman–Crippen LogP) is -0.649. The third kappa shape index (κ3) is 2.48. The largest absolute Gasteiger partial charge is 0.355 e. The van der Waals surface area contributed by atoms with Crippen molar-refractivity contribution in [2.75, 3.05) is 13.1 Å². The van der Waals surface area contributed by atoms with Crippen LogP contribution in [-0.4, -0.2) is 53.6 Å². The van der Waals surface area contributed by atoms with E-state index in [9.17, 15) is 19.2 Å². The summed E-state index contributed by atoms with van der Waals surface area (Å²) in [5, 5.41) is 5.41. The molecule has 2 aliphatic heterocycles.